The van der Waals surface area contributed by atoms with Crippen LogP contribution in [0.15, 0.2) is 23.8 Å². The highest BCUT2D eigenvalue weighted by Crippen LogP contribution is 2.33. The lowest BCUT2D eigenvalue weighted by molar-refractivity contribution is 0.480. The molecule has 1 nitrogen and oxygen atoms in total. The third-order valence-corrected chi connectivity index (χ3v) is 3.38. The predicted molar refractivity (Wildman–Crippen MR) is 69.3 cm³/mol. The minimum absolute atomic E-state index is 0.0667. The summed E-state index contributed by atoms with van der Waals surface area (Å²) in [6.45, 7) is 2.66. The fourth-order valence-electron chi connectivity index (χ4n) is 2.49. The summed E-state index contributed by atoms with van der Waals surface area (Å²) in [4.78, 5) is 0. The summed E-state index contributed by atoms with van der Waals surface area (Å²) in [7, 11) is 0. The maximum absolute atomic E-state index is 13.9. The zero-order chi connectivity index (χ0) is 13.8. The van der Waals surface area contributed by atoms with Crippen LogP contribution >= 0.6 is 0 Å². The largest absolute Gasteiger partial charge is 0.306 e. The van der Waals surface area contributed by atoms with Crippen molar-refractivity contribution in [3.63, 3.8) is 0 Å². The second-order valence-electron chi connectivity index (χ2n) is 4.84. The molecule has 1 N–H and O–H groups in total. The number of nitrogens with one attached hydrogen (secondary N) is 1. The summed E-state index contributed by atoms with van der Waals surface area (Å²) in [5, 5.41) is 3.16. The standard InChI is InChI=1S/C15H18F3N/c1-2-7-19-15(10-5-3-4-6-10)14-12(17)8-11(16)9-13(14)18/h5,8-9,15,19H,2-4,6-7H2,1H3. The first-order valence-corrected chi connectivity index (χ1v) is 6.70. The van der Waals surface area contributed by atoms with E-state index in [1.54, 1.807) is 0 Å². The molecule has 0 amide bonds. The number of allylic oxidation sites excluding steroid dienone is 1. The highest BCUT2D eigenvalue weighted by atomic mass is 19.1. The SMILES string of the molecule is CCCNC(C1=CCCC1)c1c(F)cc(F)cc1F. The second kappa shape index (κ2) is 6.24. The fraction of sp³-hybridized carbons (Fsp3) is 0.467. The van der Waals surface area contributed by atoms with E-state index in [1.807, 2.05) is 13.0 Å². The third kappa shape index (κ3) is 3.18. The van der Waals surface area contributed by atoms with Crippen molar-refractivity contribution in [1.29, 1.82) is 0 Å². The van der Waals surface area contributed by atoms with Crippen molar-refractivity contribution in [3.8, 4) is 0 Å². The van der Waals surface area contributed by atoms with E-state index >= 15 is 0 Å². The smallest absolute Gasteiger partial charge is 0.134 e. The van der Waals surface area contributed by atoms with Crippen molar-refractivity contribution in [2.75, 3.05) is 6.54 Å². The summed E-state index contributed by atoms with van der Waals surface area (Å²) in [5.74, 6) is -2.52. The summed E-state index contributed by atoms with van der Waals surface area (Å²) < 4.78 is 40.8. The molecule has 1 unspecified atom stereocenters. The first-order chi connectivity index (χ1) is 9.13. The van der Waals surface area contributed by atoms with Crippen LogP contribution in [0.1, 0.15) is 44.2 Å². The molecule has 1 aliphatic rings. The quantitative estimate of drug-likeness (QED) is 0.788. The first kappa shape index (κ1) is 14.1. The molecule has 1 aromatic carbocycles. The zero-order valence-electron chi connectivity index (χ0n) is 11.0. The number of hydrogen-bond acceptors (Lipinski definition) is 1. The van der Waals surface area contributed by atoms with Gasteiger partial charge >= 0.3 is 0 Å². The minimum Gasteiger partial charge on any atom is -0.306 e. The van der Waals surface area contributed by atoms with Crippen molar-refractivity contribution in [2.45, 2.75) is 38.6 Å². The van der Waals surface area contributed by atoms with Crippen LogP contribution in [0.25, 0.3) is 0 Å². The molecule has 19 heavy (non-hydrogen) atoms. The van der Waals surface area contributed by atoms with E-state index in [4.69, 9.17) is 0 Å². The summed E-state index contributed by atoms with van der Waals surface area (Å²) in [6.07, 6.45) is 5.66. The van der Waals surface area contributed by atoms with E-state index in [0.29, 0.717) is 6.54 Å². The van der Waals surface area contributed by atoms with Gasteiger partial charge in [-0.15, -0.1) is 0 Å². The van der Waals surface area contributed by atoms with E-state index in [2.05, 4.69) is 5.32 Å². The zero-order valence-corrected chi connectivity index (χ0v) is 11.0. The Balaban J connectivity index is 2.37. The lowest BCUT2D eigenvalue weighted by atomic mass is 9.96. The van der Waals surface area contributed by atoms with Crippen LogP contribution in [0.2, 0.25) is 0 Å². The lowest BCUT2D eigenvalue weighted by Crippen LogP contribution is -2.25. The number of halogens is 3. The molecule has 0 saturated heterocycles. The van der Waals surface area contributed by atoms with E-state index < -0.39 is 23.5 Å². The van der Waals surface area contributed by atoms with Gasteiger partial charge in [0.1, 0.15) is 17.5 Å². The Morgan fingerprint density at radius 1 is 1.21 bits per heavy atom. The van der Waals surface area contributed by atoms with E-state index in [9.17, 15) is 13.2 Å². The molecule has 1 aromatic rings. The van der Waals surface area contributed by atoms with Crippen LogP contribution in [0.4, 0.5) is 13.2 Å². The van der Waals surface area contributed by atoms with Gasteiger partial charge in [0, 0.05) is 17.7 Å². The van der Waals surface area contributed by atoms with Crippen LogP contribution in [0, 0.1) is 17.5 Å². The molecular weight excluding hydrogens is 251 g/mol. The maximum Gasteiger partial charge on any atom is 0.134 e. The Kier molecular flexibility index (Phi) is 4.64. The lowest BCUT2D eigenvalue weighted by Gasteiger charge is -2.21. The molecule has 104 valence electrons. The average molecular weight is 269 g/mol. The average Bonchev–Trinajstić information content (AvgIpc) is 2.85. The molecule has 0 heterocycles. The molecule has 1 atom stereocenters. The molecule has 0 saturated carbocycles. The highest BCUT2D eigenvalue weighted by Gasteiger charge is 2.25. The van der Waals surface area contributed by atoms with Gasteiger partial charge in [-0.25, -0.2) is 13.2 Å². The normalized spacial score (nSPS) is 16.5. The Morgan fingerprint density at radius 2 is 1.89 bits per heavy atom. The van der Waals surface area contributed by atoms with Gasteiger partial charge in [-0.2, -0.15) is 0 Å². The molecule has 0 spiro atoms. The van der Waals surface area contributed by atoms with E-state index in [-0.39, 0.29) is 5.56 Å². The Hall–Kier alpha value is -1.29. The fourth-order valence-corrected chi connectivity index (χ4v) is 2.49. The minimum atomic E-state index is -0.881. The van der Waals surface area contributed by atoms with Crippen LogP contribution < -0.4 is 5.32 Å². The third-order valence-electron chi connectivity index (χ3n) is 3.38. The Labute approximate surface area is 111 Å². The summed E-state index contributed by atoms with van der Waals surface area (Å²) in [5.41, 5.74) is 0.931. The molecular formula is C15H18F3N. The van der Waals surface area contributed by atoms with Gasteiger partial charge in [-0.3, -0.25) is 0 Å². The molecule has 0 aliphatic heterocycles. The van der Waals surface area contributed by atoms with Crippen molar-refractivity contribution >= 4 is 0 Å². The van der Waals surface area contributed by atoms with Gasteiger partial charge in [-0.05, 0) is 32.2 Å². The van der Waals surface area contributed by atoms with Gasteiger partial charge in [-0.1, -0.05) is 18.6 Å². The maximum atomic E-state index is 13.9. The van der Waals surface area contributed by atoms with Crippen LogP contribution in [0.5, 0.6) is 0 Å². The number of benzene rings is 1. The van der Waals surface area contributed by atoms with Crippen molar-refractivity contribution < 1.29 is 13.2 Å². The molecule has 0 fully saturated rings. The van der Waals surface area contributed by atoms with Gasteiger partial charge < -0.3 is 5.32 Å². The Morgan fingerprint density at radius 3 is 2.42 bits per heavy atom. The van der Waals surface area contributed by atoms with Gasteiger partial charge in [0.05, 0.1) is 6.04 Å². The molecule has 0 aromatic heterocycles. The van der Waals surface area contributed by atoms with Crippen molar-refractivity contribution in [3.05, 3.63) is 46.8 Å². The summed E-state index contributed by atoms with van der Waals surface area (Å²) in [6, 6.07) is 1.01. The van der Waals surface area contributed by atoms with E-state index in [0.717, 1.165) is 43.4 Å². The highest BCUT2D eigenvalue weighted by molar-refractivity contribution is 5.32. The molecule has 0 radical (unpaired) electrons. The second-order valence-corrected chi connectivity index (χ2v) is 4.84. The van der Waals surface area contributed by atoms with Crippen molar-refractivity contribution in [1.82, 2.24) is 5.32 Å². The molecule has 1 aliphatic carbocycles. The topological polar surface area (TPSA) is 12.0 Å². The van der Waals surface area contributed by atoms with Gasteiger partial charge in [0.25, 0.3) is 0 Å². The molecule has 4 heteroatoms. The van der Waals surface area contributed by atoms with Crippen LogP contribution in [0.3, 0.4) is 0 Å². The van der Waals surface area contributed by atoms with Gasteiger partial charge in [0.2, 0.25) is 0 Å². The number of hydrogen-bond donors (Lipinski definition) is 1. The molecule has 0 bridgehead atoms. The van der Waals surface area contributed by atoms with Gasteiger partial charge in [0.15, 0.2) is 0 Å². The van der Waals surface area contributed by atoms with Crippen molar-refractivity contribution in [2.24, 2.45) is 0 Å². The van der Waals surface area contributed by atoms with E-state index in [1.165, 1.54) is 0 Å². The first-order valence-electron chi connectivity index (χ1n) is 6.70. The summed E-state index contributed by atoms with van der Waals surface area (Å²) >= 11 is 0. The predicted octanol–water partition coefficient (Wildman–Crippen LogP) is 4.25. The Bertz CT molecular complexity index is 459. The molecule has 2 rings (SSSR count). The monoisotopic (exact) mass is 269 g/mol. The van der Waals surface area contributed by atoms with Crippen LogP contribution in [-0.2, 0) is 0 Å². The van der Waals surface area contributed by atoms with Crippen LogP contribution in [-0.4, -0.2) is 6.54 Å². The number of rotatable bonds is 5.